The van der Waals surface area contributed by atoms with Crippen LogP contribution in [0.4, 0.5) is 13.2 Å². The lowest BCUT2D eigenvalue weighted by molar-refractivity contribution is -0.137. The standard InChI is InChI=1S/C12H2Cl6F3N/c13-6-5(7(14)9(16)10(17)8(6)15)4-3(12(19,20)21)1-2-22-11(4)18/h1-2H. The van der Waals surface area contributed by atoms with Crippen LogP contribution in [0.1, 0.15) is 5.56 Å². The van der Waals surface area contributed by atoms with Crippen molar-refractivity contribution < 1.29 is 13.2 Å². The molecule has 0 aliphatic rings. The Bertz CT molecular complexity index is 730. The van der Waals surface area contributed by atoms with Gasteiger partial charge in [-0.25, -0.2) is 4.98 Å². The first kappa shape index (κ1) is 18.2. The predicted molar refractivity (Wildman–Crippen MR) is 84.7 cm³/mol. The summed E-state index contributed by atoms with van der Waals surface area (Å²) in [4.78, 5) is 3.62. The second-order valence-electron chi connectivity index (χ2n) is 3.97. The molecule has 0 spiro atoms. The van der Waals surface area contributed by atoms with Crippen molar-refractivity contribution in [1.82, 2.24) is 4.98 Å². The van der Waals surface area contributed by atoms with E-state index in [4.69, 9.17) is 69.6 Å². The topological polar surface area (TPSA) is 12.9 Å². The number of halogens is 9. The smallest absolute Gasteiger partial charge is 0.244 e. The Morgan fingerprint density at radius 3 is 1.64 bits per heavy atom. The zero-order chi connectivity index (χ0) is 16.8. The van der Waals surface area contributed by atoms with Gasteiger partial charge in [0.2, 0.25) is 0 Å². The van der Waals surface area contributed by atoms with Gasteiger partial charge in [-0.3, -0.25) is 0 Å². The fraction of sp³-hybridized carbons (Fsp3) is 0.0833. The lowest BCUT2D eigenvalue weighted by Gasteiger charge is -2.18. The minimum atomic E-state index is -4.72. The van der Waals surface area contributed by atoms with Crippen LogP contribution in [-0.4, -0.2) is 4.98 Å². The first-order valence-electron chi connectivity index (χ1n) is 5.30. The van der Waals surface area contributed by atoms with Crippen LogP contribution in [0, 0.1) is 0 Å². The molecule has 0 radical (unpaired) electrons. The molecule has 0 fully saturated rings. The highest BCUT2D eigenvalue weighted by molar-refractivity contribution is 6.56. The molecule has 10 heteroatoms. The lowest BCUT2D eigenvalue weighted by Crippen LogP contribution is -2.08. The summed E-state index contributed by atoms with van der Waals surface area (Å²) in [6.45, 7) is 0. The van der Waals surface area contributed by atoms with Gasteiger partial charge in [-0.15, -0.1) is 0 Å². The molecule has 1 heterocycles. The molecule has 118 valence electrons. The molecule has 0 atom stereocenters. The van der Waals surface area contributed by atoms with Crippen LogP contribution < -0.4 is 0 Å². The van der Waals surface area contributed by atoms with Gasteiger partial charge in [0.15, 0.2) is 0 Å². The van der Waals surface area contributed by atoms with E-state index >= 15 is 0 Å². The number of pyridine rings is 1. The van der Waals surface area contributed by atoms with E-state index in [-0.39, 0.29) is 30.7 Å². The molecule has 1 aromatic heterocycles. The summed E-state index contributed by atoms with van der Waals surface area (Å²) in [7, 11) is 0. The Labute approximate surface area is 152 Å². The summed E-state index contributed by atoms with van der Waals surface area (Å²) in [5, 5.41) is -1.70. The van der Waals surface area contributed by atoms with Crippen LogP contribution in [0.3, 0.4) is 0 Å². The van der Waals surface area contributed by atoms with Gasteiger partial charge in [0.1, 0.15) is 5.15 Å². The van der Waals surface area contributed by atoms with Gasteiger partial charge in [0.25, 0.3) is 0 Å². The Morgan fingerprint density at radius 2 is 1.18 bits per heavy atom. The SMILES string of the molecule is FC(F)(F)c1ccnc(Cl)c1-c1c(Cl)c(Cl)c(Cl)c(Cl)c1Cl. The Hall–Kier alpha value is -0.100. The first-order chi connectivity index (χ1) is 10.1. The van der Waals surface area contributed by atoms with Crippen molar-refractivity contribution in [3.8, 4) is 11.1 Å². The maximum Gasteiger partial charge on any atom is 0.417 e. The summed E-state index contributed by atoms with van der Waals surface area (Å²) in [5.41, 5.74) is -1.88. The summed E-state index contributed by atoms with van der Waals surface area (Å²) < 4.78 is 39.6. The normalized spacial score (nSPS) is 11.9. The van der Waals surface area contributed by atoms with E-state index in [9.17, 15) is 13.2 Å². The fourth-order valence-corrected chi connectivity index (χ4v) is 3.31. The van der Waals surface area contributed by atoms with E-state index in [1.807, 2.05) is 0 Å². The van der Waals surface area contributed by atoms with Crippen LogP contribution in [-0.2, 0) is 6.18 Å². The molecule has 0 N–H and O–H groups in total. The predicted octanol–water partition coefficient (Wildman–Crippen LogP) is 7.69. The average Bonchev–Trinajstić information content (AvgIpc) is 2.43. The van der Waals surface area contributed by atoms with Gasteiger partial charge < -0.3 is 0 Å². The quantitative estimate of drug-likeness (QED) is 0.257. The Kier molecular flexibility index (Phi) is 5.32. The van der Waals surface area contributed by atoms with Gasteiger partial charge in [-0.1, -0.05) is 69.6 Å². The number of aromatic nitrogens is 1. The van der Waals surface area contributed by atoms with Crippen molar-refractivity contribution in [2.45, 2.75) is 6.18 Å². The fourth-order valence-electron chi connectivity index (χ4n) is 1.73. The highest BCUT2D eigenvalue weighted by Crippen LogP contribution is 2.51. The molecule has 1 nitrogen and oxygen atoms in total. The zero-order valence-corrected chi connectivity index (χ0v) is 14.5. The highest BCUT2D eigenvalue weighted by atomic mass is 35.5. The number of benzene rings is 1. The molecule has 0 unspecified atom stereocenters. The van der Waals surface area contributed by atoms with Crippen molar-refractivity contribution in [2.75, 3.05) is 0 Å². The van der Waals surface area contributed by atoms with Gasteiger partial charge in [-0.05, 0) is 6.07 Å². The number of rotatable bonds is 1. The molecule has 0 saturated carbocycles. The second kappa shape index (κ2) is 6.42. The largest absolute Gasteiger partial charge is 0.417 e. The van der Waals surface area contributed by atoms with Crippen LogP contribution in [0.5, 0.6) is 0 Å². The zero-order valence-electron chi connectivity index (χ0n) is 10.0. The number of alkyl halides is 3. The molecule has 0 saturated heterocycles. The van der Waals surface area contributed by atoms with Crippen LogP contribution in [0.15, 0.2) is 12.3 Å². The third-order valence-electron chi connectivity index (χ3n) is 2.67. The molecule has 2 aromatic rings. The Balaban J connectivity index is 2.96. The maximum atomic E-state index is 13.2. The number of nitrogens with zero attached hydrogens (tertiary/aromatic N) is 1. The molecule has 0 aliphatic heterocycles. The third kappa shape index (κ3) is 3.10. The summed E-state index contributed by atoms with van der Waals surface area (Å²) in [6.07, 6.45) is -3.80. The Morgan fingerprint density at radius 1 is 0.727 bits per heavy atom. The van der Waals surface area contributed by atoms with Gasteiger partial charge in [0, 0.05) is 17.3 Å². The number of hydrogen-bond acceptors (Lipinski definition) is 1. The summed E-state index contributed by atoms with van der Waals surface area (Å²) in [6, 6.07) is 0.740. The van der Waals surface area contributed by atoms with Crippen molar-refractivity contribution in [3.63, 3.8) is 0 Å². The van der Waals surface area contributed by atoms with Gasteiger partial charge >= 0.3 is 6.18 Å². The minimum absolute atomic E-state index is 0.171. The highest BCUT2D eigenvalue weighted by Gasteiger charge is 2.37. The molecule has 0 bridgehead atoms. The molecular weight excluding hydrogens is 428 g/mol. The minimum Gasteiger partial charge on any atom is -0.244 e. The second-order valence-corrected chi connectivity index (χ2v) is 6.21. The van der Waals surface area contributed by atoms with Gasteiger partial charge in [0.05, 0.1) is 30.7 Å². The van der Waals surface area contributed by atoms with Gasteiger partial charge in [-0.2, -0.15) is 13.2 Å². The first-order valence-corrected chi connectivity index (χ1v) is 7.57. The van der Waals surface area contributed by atoms with E-state index in [0.717, 1.165) is 12.3 Å². The summed E-state index contributed by atoms with van der Waals surface area (Å²) in [5.74, 6) is 0. The molecule has 22 heavy (non-hydrogen) atoms. The van der Waals surface area contributed by atoms with Crippen molar-refractivity contribution >= 4 is 69.6 Å². The van der Waals surface area contributed by atoms with Crippen molar-refractivity contribution in [1.29, 1.82) is 0 Å². The van der Waals surface area contributed by atoms with E-state index in [2.05, 4.69) is 4.98 Å². The van der Waals surface area contributed by atoms with E-state index in [0.29, 0.717) is 0 Å². The van der Waals surface area contributed by atoms with Crippen LogP contribution in [0.25, 0.3) is 11.1 Å². The lowest BCUT2D eigenvalue weighted by atomic mass is 10.0. The monoisotopic (exact) mass is 427 g/mol. The van der Waals surface area contributed by atoms with Crippen LogP contribution >= 0.6 is 69.6 Å². The van der Waals surface area contributed by atoms with E-state index in [1.54, 1.807) is 0 Å². The van der Waals surface area contributed by atoms with Crippen LogP contribution in [0.2, 0.25) is 30.3 Å². The van der Waals surface area contributed by atoms with E-state index < -0.39 is 22.5 Å². The molecule has 1 aromatic carbocycles. The molecule has 0 aliphatic carbocycles. The van der Waals surface area contributed by atoms with Crippen molar-refractivity contribution in [2.24, 2.45) is 0 Å². The average molecular weight is 430 g/mol. The maximum absolute atomic E-state index is 13.2. The van der Waals surface area contributed by atoms with Crippen molar-refractivity contribution in [3.05, 3.63) is 48.1 Å². The summed E-state index contributed by atoms with van der Waals surface area (Å²) >= 11 is 35.4. The number of hydrogen-bond donors (Lipinski definition) is 0. The third-order valence-corrected chi connectivity index (χ3v) is 5.23. The molecule has 2 rings (SSSR count). The van der Waals surface area contributed by atoms with E-state index in [1.165, 1.54) is 0 Å². The molecular formula is C12H2Cl6F3N. The molecule has 0 amide bonds.